The van der Waals surface area contributed by atoms with Gasteiger partial charge in [0.2, 0.25) is 0 Å². The van der Waals surface area contributed by atoms with Gasteiger partial charge in [0.25, 0.3) is 0 Å². The van der Waals surface area contributed by atoms with Crippen LogP contribution in [-0.2, 0) is 64.4 Å². The highest BCUT2D eigenvalue weighted by Crippen LogP contribution is 2.45. The van der Waals surface area contributed by atoms with Gasteiger partial charge in [0.15, 0.2) is 32.1 Å². The molecule has 0 saturated heterocycles. The van der Waals surface area contributed by atoms with Crippen LogP contribution in [0.1, 0.15) is 230 Å². The summed E-state index contributed by atoms with van der Waals surface area (Å²) in [6.07, 6.45) is 8.53. The Balaban J connectivity index is 0.000000354. The Kier molecular flexibility index (Phi) is 31.3. The first-order chi connectivity index (χ1) is 45.3. The third kappa shape index (κ3) is 22.6. The Bertz CT molecular complexity index is 3600. The number of esters is 2. The maximum absolute atomic E-state index is 12.1. The molecule has 2 atom stereocenters. The zero-order valence-electron chi connectivity index (χ0n) is 64.6. The van der Waals surface area contributed by atoms with Gasteiger partial charge in [0, 0.05) is 27.5 Å². The van der Waals surface area contributed by atoms with Crippen molar-refractivity contribution in [2.45, 2.75) is 276 Å². The fourth-order valence-electron chi connectivity index (χ4n) is 12.4. The Labute approximate surface area is 608 Å². The maximum Gasteiger partial charge on any atom is 0.488 e. The van der Waals surface area contributed by atoms with Crippen molar-refractivity contribution in [2.75, 3.05) is 13.2 Å². The second-order valence-electron chi connectivity index (χ2n) is 31.9. The topological polar surface area (TPSA) is 163 Å². The molecule has 2 aromatic heterocycles. The fourth-order valence-corrected chi connectivity index (χ4v) is 16.0. The first-order valence-corrected chi connectivity index (χ1v) is 42.4. The predicted molar refractivity (Wildman–Crippen MR) is 416 cm³/mol. The Hall–Kier alpha value is -4.81. The number of aryl methyl sites for hydroxylation is 6. The van der Waals surface area contributed by atoms with Crippen LogP contribution < -0.4 is 5.46 Å². The predicted octanol–water partition coefficient (Wildman–Crippen LogP) is 20.3. The molecule has 0 bridgehead atoms. The number of ether oxygens (including phenoxy) is 2. The minimum atomic E-state index is -1.89. The summed E-state index contributed by atoms with van der Waals surface area (Å²) in [5.41, 5.74) is 16.0. The Morgan fingerprint density at radius 2 is 0.827 bits per heavy atom. The van der Waals surface area contributed by atoms with E-state index < -0.39 is 23.8 Å². The van der Waals surface area contributed by atoms with E-state index in [9.17, 15) is 19.6 Å². The molecule has 2 unspecified atom stereocenters. The third-order valence-electron chi connectivity index (χ3n) is 21.0. The van der Waals surface area contributed by atoms with Crippen LogP contribution in [0, 0.1) is 38.5 Å². The summed E-state index contributed by atoms with van der Waals surface area (Å²) in [5, 5.41) is 36.0. The summed E-state index contributed by atoms with van der Waals surface area (Å²) in [6.45, 7) is 59.0. The zero-order chi connectivity index (χ0) is 74.3. The number of aromatic nitrogens is 4. The molecule has 540 valence electrons. The van der Waals surface area contributed by atoms with Gasteiger partial charge in [-0.25, -0.2) is 0 Å². The highest BCUT2D eigenvalue weighted by atomic mass is 35.5. The summed E-state index contributed by atoms with van der Waals surface area (Å²) >= 11 is 17.6. The highest BCUT2D eigenvalue weighted by molar-refractivity contribution is 6.74. The van der Waals surface area contributed by atoms with E-state index in [-0.39, 0.29) is 84.2 Å². The van der Waals surface area contributed by atoms with Gasteiger partial charge < -0.3 is 28.4 Å². The van der Waals surface area contributed by atoms with E-state index in [1.54, 1.807) is 13.8 Å². The number of benzene rings is 4. The van der Waals surface area contributed by atoms with Gasteiger partial charge in [-0.1, -0.05) is 224 Å². The first kappa shape index (κ1) is 85.6. The number of carbonyl (C=O) groups is 2. The number of hydrogen-bond acceptors (Lipinski definition) is 12. The van der Waals surface area contributed by atoms with Gasteiger partial charge >= 0.3 is 19.1 Å². The smallest absolute Gasteiger partial charge is 0.466 e. The second kappa shape index (κ2) is 35.9. The summed E-state index contributed by atoms with van der Waals surface area (Å²) in [5.74, 6) is -0.690. The van der Waals surface area contributed by atoms with Crippen molar-refractivity contribution < 1.29 is 38.0 Å². The molecule has 0 spiro atoms. The van der Waals surface area contributed by atoms with Crippen molar-refractivity contribution in [1.29, 1.82) is 0 Å². The number of rotatable bonds is 26. The van der Waals surface area contributed by atoms with Gasteiger partial charge in [0.1, 0.15) is 0 Å². The molecule has 2 heterocycles. The molecule has 6 rings (SSSR count). The van der Waals surface area contributed by atoms with Crippen LogP contribution in [0.25, 0.3) is 11.3 Å². The van der Waals surface area contributed by atoms with Crippen LogP contribution in [-0.4, -0.2) is 91.6 Å². The van der Waals surface area contributed by atoms with Crippen LogP contribution in [0.2, 0.25) is 51.7 Å². The standard InChI is InChI=1S/C40H59ClN2O3Si.C32H53BO3Si.C8H8Cl2N2O2/c1-14-40(15-2,32-20-21-33(28(5)24-32)34-25-30(37(41)43-42-34)26-36(44)45-16-3)31-19-17-29(27(4)23-31)18-22-35(38(6,7)8)46-47(12,13)39(9,10)11;1-13-32(14-2,27-18-19-28(33(34)35)24(4)22-27)26-17-15-25(23(3)21-26)16-20-29(30(5,6)7)36-37(11,12)31(8,9)10;1-2-14-7(13)4-5-3-6(9)11-12-8(5)10/h17,19-21,23-25,35H,14-16,18,22,26H2,1-13H3;15,17-19,21-22,29,34-35H,13-14,16,20H2,1-12H3;3H,2,4H2,1H3. The summed E-state index contributed by atoms with van der Waals surface area (Å²) < 4.78 is 23.8. The minimum Gasteiger partial charge on any atom is -0.466 e. The molecule has 0 aliphatic carbocycles. The van der Waals surface area contributed by atoms with Gasteiger partial charge in [0.05, 0.1) is 44.0 Å². The van der Waals surface area contributed by atoms with Gasteiger partial charge in [-0.3, -0.25) is 9.59 Å². The van der Waals surface area contributed by atoms with E-state index in [2.05, 4.69) is 245 Å². The van der Waals surface area contributed by atoms with Crippen molar-refractivity contribution in [3.8, 4) is 11.3 Å². The summed E-state index contributed by atoms with van der Waals surface area (Å²) in [7, 11) is -5.19. The minimum absolute atomic E-state index is 0.0575. The lowest BCUT2D eigenvalue weighted by atomic mass is 9.68. The molecule has 0 aliphatic rings. The summed E-state index contributed by atoms with van der Waals surface area (Å²) in [6, 6.07) is 30.2. The zero-order valence-corrected chi connectivity index (χ0v) is 68.8. The largest absolute Gasteiger partial charge is 0.488 e. The third-order valence-corrected chi connectivity index (χ3v) is 30.8. The van der Waals surface area contributed by atoms with Crippen LogP contribution in [0.5, 0.6) is 0 Å². The van der Waals surface area contributed by atoms with Crippen molar-refractivity contribution in [3.63, 3.8) is 0 Å². The number of halogens is 3. The second-order valence-corrected chi connectivity index (χ2v) is 42.5. The molecule has 0 amide bonds. The van der Waals surface area contributed by atoms with E-state index in [0.29, 0.717) is 35.5 Å². The van der Waals surface area contributed by atoms with E-state index in [0.717, 1.165) is 68.1 Å². The molecule has 0 saturated carbocycles. The SMILES string of the molecule is CCC(CC)(c1ccc(CCC(O[Si](C)(C)C(C)(C)C)C(C)(C)C)c(C)c1)c1ccc(B(O)O)c(C)c1.CCOC(=O)Cc1cc(-c2ccc(C(CC)(CC)c3ccc(CCC(O[Si](C)(C)C(C)(C)C)C(C)(C)C)c(C)c3)cc2C)nnc1Cl.CCOC(=O)Cc1cc(Cl)nnc1Cl. The Morgan fingerprint density at radius 3 is 1.16 bits per heavy atom. The molecule has 0 aliphatic heterocycles. The maximum atomic E-state index is 12.1. The van der Waals surface area contributed by atoms with Crippen LogP contribution in [0.15, 0.2) is 84.9 Å². The number of nitrogens with zero attached hydrogens (tertiary/aromatic N) is 4. The average Bonchev–Trinajstić information content (AvgIpc) is 0.774. The van der Waals surface area contributed by atoms with E-state index in [1.807, 2.05) is 19.1 Å². The first-order valence-electron chi connectivity index (χ1n) is 35.5. The average molecular weight is 1440 g/mol. The highest BCUT2D eigenvalue weighted by Gasteiger charge is 2.43. The molecular weight excluding hydrogens is 1320 g/mol. The van der Waals surface area contributed by atoms with E-state index in [4.69, 9.17) is 53.1 Å². The quantitative estimate of drug-likeness (QED) is 0.0391. The molecule has 6 aromatic rings. The lowest BCUT2D eigenvalue weighted by Crippen LogP contribution is -2.47. The van der Waals surface area contributed by atoms with Crippen molar-refractivity contribution in [3.05, 3.63) is 167 Å². The molecule has 0 fully saturated rings. The van der Waals surface area contributed by atoms with Crippen LogP contribution in [0.3, 0.4) is 0 Å². The Morgan fingerprint density at radius 1 is 0.469 bits per heavy atom. The van der Waals surface area contributed by atoms with E-state index >= 15 is 0 Å². The normalized spacial score (nSPS) is 13.2. The van der Waals surface area contributed by atoms with Crippen LogP contribution >= 0.6 is 34.8 Å². The number of hydrogen-bond donors (Lipinski definition) is 2. The molecule has 2 N–H and O–H groups in total. The van der Waals surface area contributed by atoms with Gasteiger partial charge in [-0.15, -0.1) is 20.4 Å². The lowest BCUT2D eigenvalue weighted by Gasteiger charge is -2.43. The van der Waals surface area contributed by atoms with Gasteiger partial charge in [-0.05, 0) is 208 Å². The monoisotopic (exact) mass is 1440 g/mol. The summed E-state index contributed by atoms with van der Waals surface area (Å²) in [4.78, 5) is 23.2. The van der Waals surface area contributed by atoms with Crippen LogP contribution in [0.4, 0.5) is 0 Å². The molecule has 18 heteroatoms. The van der Waals surface area contributed by atoms with Gasteiger partial charge in [-0.2, -0.15) is 0 Å². The fraction of sp³-hybridized carbons (Fsp3) is 0.575. The number of carbonyl (C=O) groups excluding carboxylic acids is 2. The van der Waals surface area contributed by atoms with E-state index in [1.165, 1.54) is 50.6 Å². The van der Waals surface area contributed by atoms with Crippen molar-refractivity contribution >= 4 is 76.0 Å². The molecule has 0 radical (unpaired) electrons. The molecule has 12 nitrogen and oxygen atoms in total. The molecule has 4 aromatic carbocycles. The van der Waals surface area contributed by atoms with Crippen molar-refractivity contribution in [2.24, 2.45) is 10.8 Å². The molecular formula is C80H120BCl3N4O8Si2. The molecule has 98 heavy (non-hydrogen) atoms. The van der Waals surface area contributed by atoms with Crippen molar-refractivity contribution in [1.82, 2.24) is 20.4 Å². The lowest BCUT2D eigenvalue weighted by molar-refractivity contribution is -0.143.